The summed E-state index contributed by atoms with van der Waals surface area (Å²) in [6, 6.07) is -0.196. The molecule has 2 N–H and O–H groups in total. The summed E-state index contributed by atoms with van der Waals surface area (Å²) in [5.74, 6) is 0.791. The van der Waals surface area contributed by atoms with Gasteiger partial charge in [0.05, 0.1) is 0 Å². The Morgan fingerprint density at radius 1 is 1.21 bits per heavy atom. The molecule has 1 aromatic rings. The minimum absolute atomic E-state index is 0.196. The number of aryl methyl sites for hydroxylation is 1. The summed E-state index contributed by atoms with van der Waals surface area (Å²) in [5.41, 5.74) is 0. The molecule has 0 saturated heterocycles. The Hall–Kier alpha value is -1.17. The van der Waals surface area contributed by atoms with Crippen molar-refractivity contribution in [3.63, 3.8) is 0 Å². The van der Waals surface area contributed by atoms with Gasteiger partial charge in [-0.05, 0) is 19.3 Å². The SMILES string of the molecule is Cc1nnc(NC(=O)NCCCCCCC(C)C)s1. The number of hydrogen-bond acceptors (Lipinski definition) is 4. The van der Waals surface area contributed by atoms with E-state index in [1.54, 1.807) is 0 Å². The van der Waals surface area contributed by atoms with Crippen LogP contribution in [0.5, 0.6) is 0 Å². The van der Waals surface area contributed by atoms with Crippen LogP contribution < -0.4 is 10.6 Å². The number of nitrogens with zero attached hydrogens (tertiary/aromatic N) is 2. The fourth-order valence-corrected chi connectivity index (χ4v) is 2.31. The molecule has 0 fully saturated rings. The van der Waals surface area contributed by atoms with Crippen LogP contribution in [0.1, 0.15) is 51.0 Å². The standard InChI is InChI=1S/C13H24N4OS/c1-10(2)8-6-4-5-7-9-14-12(18)15-13-17-16-11(3)19-13/h10H,4-9H2,1-3H3,(H2,14,15,17,18). The quantitative estimate of drug-likeness (QED) is 0.717. The highest BCUT2D eigenvalue weighted by Crippen LogP contribution is 2.13. The number of carbonyl (C=O) groups is 1. The van der Waals surface area contributed by atoms with E-state index in [1.165, 1.54) is 37.0 Å². The third-order valence-corrected chi connectivity index (χ3v) is 3.49. The van der Waals surface area contributed by atoms with Gasteiger partial charge in [0.2, 0.25) is 5.13 Å². The second-order valence-corrected chi connectivity index (χ2v) is 6.29. The first kappa shape index (κ1) is 15.9. The fourth-order valence-electron chi connectivity index (χ4n) is 1.72. The molecule has 0 bridgehead atoms. The Kier molecular flexibility index (Phi) is 7.40. The number of anilines is 1. The summed E-state index contributed by atoms with van der Waals surface area (Å²) in [7, 11) is 0. The van der Waals surface area contributed by atoms with Crippen molar-refractivity contribution >= 4 is 22.5 Å². The van der Waals surface area contributed by atoms with Gasteiger partial charge in [0.1, 0.15) is 5.01 Å². The molecule has 0 spiro atoms. The highest BCUT2D eigenvalue weighted by Gasteiger charge is 2.04. The van der Waals surface area contributed by atoms with Crippen LogP contribution in [0.2, 0.25) is 0 Å². The summed E-state index contributed by atoms with van der Waals surface area (Å²) >= 11 is 1.37. The minimum Gasteiger partial charge on any atom is -0.338 e. The van der Waals surface area contributed by atoms with Crippen molar-refractivity contribution < 1.29 is 4.79 Å². The van der Waals surface area contributed by atoms with Crippen LogP contribution in [-0.2, 0) is 0 Å². The number of urea groups is 1. The molecule has 5 nitrogen and oxygen atoms in total. The molecule has 0 radical (unpaired) electrons. The maximum absolute atomic E-state index is 11.5. The third-order valence-electron chi connectivity index (χ3n) is 2.74. The monoisotopic (exact) mass is 284 g/mol. The van der Waals surface area contributed by atoms with E-state index in [9.17, 15) is 4.79 Å². The van der Waals surface area contributed by atoms with Crippen LogP contribution in [0.15, 0.2) is 0 Å². The summed E-state index contributed by atoms with van der Waals surface area (Å²) in [5, 5.41) is 14.6. The fraction of sp³-hybridized carbons (Fsp3) is 0.769. The van der Waals surface area contributed by atoms with Crippen molar-refractivity contribution in [3.05, 3.63) is 5.01 Å². The zero-order chi connectivity index (χ0) is 14.1. The first-order valence-electron chi connectivity index (χ1n) is 6.93. The van der Waals surface area contributed by atoms with E-state index in [2.05, 4.69) is 34.7 Å². The van der Waals surface area contributed by atoms with Gasteiger partial charge in [0, 0.05) is 6.54 Å². The maximum Gasteiger partial charge on any atom is 0.321 e. The predicted octanol–water partition coefficient (Wildman–Crippen LogP) is 3.57. The molecular weight excluding hydrogens is 260 g/mol. The van der Waals surface area contributed by atoms with Crippen molar-refractivity contribution in [2.45, 2.75) is 52.9 Å². The predicted molar refractivity (Wildman–Crippen MR) is 79.6 cm³/mol. The first-order valence-corrected chi connectivity index (χ1v) is 7.74. The van der Waals surface area contributed by atoms with Crippen molar-refractivity contribution in [1.82, 2.24) is 15.5 Å². The highest BCUT2D eigenvalue weighted by molar-refractivity contribution is 7.15. The molecule has 19 heavy (non-hydrogen) atoms. The van der Waals surface area contributed by atoms with Crippen molar-refractivity contribution in [1.29, 1.82) is 0 Å². The van der Waals surface area contributed by atoms with Gasteiger partial charge in [-0.1, -0.05) is 50.9 Å². The maximum atomic E-state index is 11.5. The molecule has 1 heterocycles. The second-order valence-electron chi connectivity index (χ2n) is 5.10. The number of unbranched alkanes of at least 4 members (excludes halogenated alkanes) is 3. The lowest BCUT2D eigenvalue weighted by Gasteiger charge is -2.06. The van der Waals surface area contributed by atoms with Gasteiger partial charge < -0.3 is 5.32 Å². The number of hydrogen-bond donors (Lipinski definition) is 2. The molecule has 0 aliphatic carbocycles. The van der Waals surface area contributed by atoms with Crippen LogP contribution in [0, 0.1) is 12.8 Å². The van der Waals surface area contributed by atoms with Crippen molar-refractivity contribution in [2.75, 3.05) is 11.9 Å². The van der Waals surface area contributed by atoms with Crippen LogP contribution in [0.3, 0.4) is 0 Å². The summed E-state index contributed by atoms with van der Waals surface area (Å²) in [6.07, 6.45) is 6.03. The summed E-state index contributed by atoms with van der Waals surface area (Å²) < 4.78 is 0. The van der Waals surface area contributed by atoms with Gasteiger partial charge in [-0.3, -0.25) is 5.32 Å². The van der Waals surface area contributed by atoms with Crippen LogP contribution in [0.4, 0.5) is 9.93 Å². The Balaban J connectivity index is 1.99. The van der Waals surface area contributed by atoms with E-state index in [0.717, 1.165) is 17.3 Å². The molecule has 0 aromatic carbocycles. The molecule has 6 heteroatoms. The molecule has 1 rings (SSSR count). The van der Waals surface area contributed by atoms with Gasteiger partial charge in [0.25, 0.3) is 0 Å². The Labute approximate surface area is 119 Å². The first-order chi connectivity index (χ1) is 9.08. The molecule has 0 unspecified atom stereocenters. The minimum atomic E-state index is -0.196. The lowest BCUT2D eigenvalue weighted by atomic mass is 10.0. The zero-order valence-corrected chi connectivity index (χ0v) is 12.8. The number of nitrogens with one attached hydrogen (secondary N) is 2. The second kappa shape index (κ2) is 8.85. The van der Waals surface area contributed by atoms with Crippen LogP contribution in [-0.4, -0.2) is 22.8 Å². The Morgan fingerprint density at radius 2 is 1.95 bits per heavy atom. The van der Waals surface area contributed by atoms with Crippen molar-refractivity contribution in [2.24, 2.45) is 5.92 Å². The average Bonchev–Trinajstić information content (AvgIpc) is 2.73. The average molecular weight is 284 g/mol. The summed E-state index contributed by atoms with van der Waals surface area (Å²) in [4.78, 5) is 11.5. The van der Waals surface area contributed by atoms with E-state index in [4.69, 9.17) is 0 Å². The van der Waals surface area contributed by atoms with E-state index in [1.807, 2.05) is 6.92 Å². The molecule has 1 aromatic heterocycles. The molecule has 108 valence electrons. The molecular formula is C13H24N4OS. The Bertz CT molecular complexity index is 378. The van der Waals surface area contributed by atoms with Crippen LogP contribution >= 0.6 is 11.3 Å². The molecule has 0 aliphatic heterocycles. The van der Waals surface area contributed by atoms with Gasteiger partial charge in [-0.15, -0.1) is 10.2 Å². The number of amides is 2. The van der Waals surface area contributed by atoms with E-state index in [0.29, 0.717) is 11.7 Å². The molecule has 0 saturated carbocycles. The normalized spacial score (nSPS) is 10.7. The van der Waals surface area contributed by atoms with E-state index < -0.39 is 0 Å². The molecule has 0 aliphatic rings. The number of aromatic nitrogens is 2. The largest absolute Gasteiger partial charge is 0.338 e. The topological polar surface area (TPSA) is 66.9 Å². The summed E-state index contributed by atoms with van der Waals surface area (Å²) in [6.45, 7) is 7.07. The van der Waals surface area contributed by atoms with Gasteiger partial charge in [-0.25, -0.2) is 4.79 Å². The molecule has 0 atom stereocenters. The van der Waals surface area contributed by atoms with Crippen molar-refractivity contribution in [3.8, 4) is 0 Å². The number of carbonyl (C=O) groups excluding carboxylic acids is 1. The van der Waals surface area contributed by atoms with E-state index in [-0.39, 0.29) is 6.03 Å². The number of rotatable bonds is 8. The highest BCUT2D eigenvalue weighted by atomic mass is 32.1. The third kappa shape index (κ3) is 7.77. The smallest absolute Gasteiger partial charge is 0.321 e. The molecule has 2 amide bonds. The van der Waals surface area contributed by atoms with Gasteiger partial charge in [-0.2, -0.15) is 0 Å². The van der Waals surface area contributed by atoms with Gasteiger partial charge in [0.15, 0.2) is 0 Å². The van der Waals surface area contributed by atoms with E-state index >= 15 is 0 Å². The lowest BCUT2D eigenvalue weighted by Crippen LogP contribution is -2.29. The van der Waals surface area contributed by atoms with Crippen LogP contribution in [0.25, 0.3) is 0 Å². The Morgan fingerprint density at radius 3 is 2.58 bits per heavy atom. The van der Waals surface area contributed by atoms with Gasteiger partial charge >= 0.3 is 6.03 Å². The lowest BCUT2D eigenvalue weighted by molar-refractivity contribution is 0.252. The zero-order valence-electron chi connectivity index (χ0n) is 12.0.